The molecule has 0 bridgehead atoms. The molecule has 2 heteroatoms. The van der Waals surface area contributed by atoms with E-state index in [0.29, 0.717) is 0 Å². The van der Waals surface area contributed by atoms with Gasteiger partial charge in [-0.25, -0.2) is 0 Å². The van der Waals surface area contributed by atoms with Gasteiger partial charge in [0.25, 0.3) is 0 Å². The Hall–Kier alpha value is -2.66. The van der Waals surface area contributed by atoms with E-state index in [1.165, 1.54) is 6.08 Å². The zero-order valence-corrected chi connectivity index (χ0v) is 9.91. The van der Waals surface area contributed by atoms with Gasteiger partial charge in [-0.05, 0) is 0 Å². The Morgan fingerprint density at radius 1 is 0.944 bits per heavy atom. The van der Waals surface area contributed by atoms with E-state index in [9.17, 15) is 4.79 Å². The van der Waals surface area contributed by atoms with Crippen molar-refractivity contribution in [2.45, 2.75) is 0 Å². The van der Waals surface area contributed by atoms with Crippen LogP contribution in [0.4, 0.5) is 0 Å². The molecule has 0 aromatic heterocycles. The standard InChI is InChI=1S/C13H10O.C3H3N/c14-13(11-7-3-1-4-8-11)12-9-5-2-6-10-12;1-2-3-4/h1-10H;2H,1H2. The van der Waals surface area contributed by atoms with Crippen LogP contribution in [0.3, 0.4) is 0 Å². The van der Waals surface area contributed by atoms with Crippen molar-refractivity contribution < 1.29 is 4.79 Å². The van der Waals surface area contributed by atoms with Crippen LogP contribution in [0.5, 0.6) is 0 Å². The number of ketones is 1. The van der Waals surface area contributed by atoms with Crippen LogP contribution in [-0.4, -0.2) is 5.78 Å². The Morgan fingerprint density at radius 2 is 1.28 bits per heavy atom. The van der Waals surface area contributed by atoms with Gasteiger partial charge in [-0.1, -0.05) is 67.2 Å². The highest BCUT2D eigenvalue weighted by Crippen LogP contribution is 2.08. The maximum atomic E-state index is 11.8. The maximum Gasteiger partial charge on any atom is 0.193 e. The summed E-state index contributed by atoms with van der Waals surface area (Å²) < 4.78 is 0. The molecule has 0 aliphatic carbocycles. The number of rotatable bonds is 2. The van der Waals surface area contributed by atoms with Gasteiger partial charge in [0, 0.05) is 17.2 Å². The highest BCUT2D eigenvalue weighted by Gasteiger charge is 2.06. The van der Waals surface area contributed by atoms with Gasteiger partial charge in [0.15, 0.2) is 5.78 Å². The molecule has 2 rings (SSSR count). The molecule has 0 unspecified atom stereocenters. The van der Waals surface area contributed by atoms with Crippen LogP contribution >= 0.6 is 0 Å². The molecule has 0 aliphatic heterocycles. The lowest BCUT2D eigenvalue weighted by molar-refractivity contribution is 0.103. The summed E-state index contributed by atoms with van der Waals surface area (Å²) in [5, 5.41) is 7.51. The largest absolute Gasteiger partial charge is 0.289 e. The van der Waals surface area contributed by atoms with E-state index in [1.54, 1.807) is 6.07 Å². The van der Waals surface area contributed by atoms with Gasteiger partial charge in [-0.2, -0.15) is 5.26 Å². The topological polar surface area (TPSA) is 40.9 Å². The summed E-state index contributed by atoms with van der Waals surface area (Å²) in [6, 6.07) is 20.3. The third-order valence-electron chi connectivity index (χ3n) is 2.16. The lowest BCUT2D eigenvalue weighted by atomic mass is 10.0. The second-order valence-electron chi connectivity index (χ2n) is 3.39. The minimum atomic E-state index is 0.0752. The molecule has 0 radical (unpaired) electrons. The molecule has 2 aromatic carbocycles. The van der Waals surface area contributed by atoms with E-state index >= 15 is 0 Å². The van der Waals surface area contributed by atoms with Gasteiger partial charge in [-0.15, -0.1) is 0 Å². The Labute approximate surface area is 107 Å². The quantitative estimate of drug-likeness (QED) is 0.589. The van der Waals surface area contributed by atoms with Crippen LogP contribution in [0, 0.1) is 11.3 Å². The Bertz CT molecular complexity index is 497. The third-order valence-corrected chi connectivity index (χ3v) is 2.16. The first-order valence-corrected chi connectivity index (χ1v) is 5.45. The fraction of sp³-hybridized carbons (Fsp3) is 0. The first kappa shape index (κ1) is 13.4. The molecule has 2 nitrogen and oxygen atoms in total. The molecule has 0 fully saturated rings. The fourth-order valence-corrected chi connectivity index (χ4v) is 1.35. The van der Waals surface area contributed by atoms with Crippen molar-refractivity contribution in [1.29, 1.82) is 5.26 Å². The van der Waals surface area contributed by atoms with E-state index in [0.717, 1.165) is 11.1 Å². The highest BCUT2D eigenvalue weighted by molar-refractivity contribution is 6.08. The minimum absolute atomic E-state index is 0.0752. The summed E-state index contributed by atoms with van der Waals surface area (Å²) in [5.41, 5.74) is 1.47. The number of carbonyl (C=O) groups is 1. The highest BCUT2D eigenvalue weighted by atomic mass is 16.1. The Kier molecular flexibility index (Phi) is 5.65. The average Bonchev–Trinajstić information content (AvgIpc) is 2.48. The number of benzene rings is 2. The van der Waals surface area contributed by atoms with Gasteiger partial charge in [0.2, 0.25) is 0 Å². The molecule has 0 N–H and O–H groups in total. The molecule has 0 amide bonds. The number of hydrogen-bond donors (Lipinski definition) is 0. The van der Waals surface area contributed by atoms with E-state index < -0.39 is 0 Å². The number of carbonyl (C=O) groups excluding carboxylic acids is 1. The normalized spacial score (nSPS) is 8.39. The van der Waals surface area contributed by atoms with Gasteiger partial charge in [0.05, 0.1) is 6.07 Å². The summed E-state index contributed by atoms with van der Waals surface area (Å²) in [4.78, 5) is 11.8. The van der Waals surface area contributed by atoms with Crippen LogP contribution in [0.25, 0.3) is 0 Å². The molecule has 18 heavy (non-hydrogen) atoms. The lowest BCUT2D eigenvalue weighted by Gasteiger charge is -1.99. The fourth-order valence-electron chi connectivity index (χ4n) is 1.35. The van der Waals surface area contributed by atoms with Crippen LogP contribution in [-0.2, 0) is 0 Å². The van der Waals surface area contributed by atoms with Crippen molar-refractivity contribution in [2.75, 3.05) is 0 Å². The molecule has 0 spiro atoms. The zero-order chi connectivity index (χ0) is 13.2. The van der Waals surface area contributed by atoms with E-state index in [4.69, 9.17) is 5.26 Å². The van der Waals surface area contributed by atoms with Gasteiger partial charge >= 0.3 is 0 Å². The van der Waals surface area contributed by atoms with Crippen LogP contribution in [0.2, 0.25) is 0 Å². The van der Waals surface area contributed by atoms with E-state index in [1.807, 2.05) is 60.7 Å². The average molecular weight is 235 g/mol. The first-order valence-electron chi connectivity index (χ1n) is 5.45. The molecule has 0 saturated carbocycles. The summed E-state index contributed by atoms with van der Waals surface area (Å²) >= 11 is 0. The van der Waals surface area contributed by atoms with E-state index in [2.05, 4.69) is 6.58 Å². The summed E-state index contributed by atoms with van der Waals surface area (Å²) in [5.74, 6) is 0.0752. The summed E-state index contributed by atoms with van der Waals surface area (Å²) in [7, 11) is 0. The van der Waals surface area contributed by atoms with Gasteiger partial charge in [-0.3, -0.25) is 4.79 Å². The van der Waals surface area contributed by atoms with Crippen molar-refractivity contribution in [3.8, 4) is 6.07 Å². The SMILES string of the molecule is C=CC#N.O=C(c1ccccc1)c1ccccc1. The minimum Gasteiger partial charge on any atom is -0.289 e. The van der Waals surface area contributed by atoms with Crippen molar-refractivity contribution in [3.63, 3.8) is 0 Å². The maximum absolute atomic E-state index is 11.8. The number of hydrogen-bond acceptors (Lipinski definition) is 2. The third kappa shape index (κ3) is 4.07. The van der Waals surface area contributed by atoms with Crippen molar-refractivity contribution in [1.82, 2.24) is 0 Å². The molecule has 88 valence electrons. The molecule has 2 aromatic rings. The lowest BCUT2D eigenvalue weighted by Crippen LogP contribution is -1.99. The Morgan fingerprint density at radius 3 is 1.56 bits per heavy atom. The van der Waals surface area contributed by atoms with E-state index in [-0.39, 0.29) is 5.78 Å². The Balaban J connectivity index is 0.000000357. The summed E-state index contributed by atoms with van der Waals surface area (Å²) in [6.07, 6.45) is 1.18. The zero-order valence-electron chi connectivity index (χ0n) is 9.91. The van der Waals surface area contributed by atoms with Crippen LogP contribution in [0.1, 0.15) is 15.9 Å². The molecular weight excluding hydrogens is 222 g/mol. The summed E-state index contributed by atoms with van der Waals surface area (Å²) in [6.45, 7) is 3.12. The monoisotopic (exact) mass is 235 g/mol. The van der Waals surface area contributed by atoms with Gasteiger partial charge in [0.1, 0.15) is 0 Å². The molecule has 0 saturated heterocycles. The second-order valence-corrected chi connectivity index (χ2v) is 3.39. The van der Waals surface area contributed by atoms with Crippen LogP contribution in [0.15, 0.2) is 73.3 Å². The van der Waals surface area contributed by atoms with Crippen LogP contribution < -0.4 is 0 Å². The van der Waals surface area contributed by atoms with Crippen molar-refractivity contribution in [3.05, 3.63) is 84.4 Å². The number of allylic oxidation sites excluding steroid dienone is 1. The molecule has 0 heterocycles. The van der Waals surface area contributed by atoms with Crippen molar-refractivity contribution in [2.24, 2.45) is 0 Å². The first-order chi connectivity index (χ1) is 8.79. The smallest absolute Gasteiger partial charge is 0.193 e. The van der Waals surface area contributed by atoms with Gasteiger partial charge < -0.3 is 0 Å². The predicted octanol–water partition coefficient (Wildman–Crippen LogP) is 3.61. The number of nitriles is 1. The molecular formula is C16H13NO. The van der Waals surface area contributed by atoms with Crippen molar-refractivity contribution >= 4 is 5.78 Å². The molecule has 0 aliphatic rings. The predicted molar refractivity (Wildman–Crippen MR) is 72.1 cm³/mol. The number of nitrogens with zero attached hydrogens (tertiary/aromatic N) is 1. The second kappa shape index (κ2) is 7.59. The molecule has 0 atom stereocenters.